The molecule has 1 amide bonds. The molecule has 5 rings (SSSR count). The number of nitrogens with zero attached hydrogens (tertiary/aromatic N) is 1. The molecule has 0 spiro atoms. The van der Waals surface area contributed by atoms with Crippen molar-refractivity contribution in [2.24, 2.45) is 5.92 Å². The van der Waals surface area contributed by atoms with Gasteiger partial charge in [-0.3, -0.25) is 4.90 Å². The lowest BCUT2D eigenvalue weighted by molar-refractivity contribution is 0.0325. The SMILES string of the molecule is Cc1ccc([C@H]2[C@H]3C=C[C@@H](CC3)N2C(=O)OCc2ccccc2)cc1. The molecule has 0 unspecified atom stereocenters. The van der Waals surface area contributed by atoms with Crippen molar-refractivity contribution in [2.75, 3.05) is 0 Å². The lowest BCUT2D eigenvalue weighted by Crippen LogP contribution is -2.50. The van der Waals surface area contributed by atoms with Crippen molar-refractivity contribution < 1.29 is 9.53 Å². The topological polar surface area (TPSA) is 29.5 Å². The van der Waals surface area contributed by atoms with Crippen LogP contribution in [0.4, 0.5) is 4.79 Å². The lowest BCUT2D eigenvalue weighted by atomic mass is 9.77. The first-order valence-corrected chi connectivity index (χ1v) is 8.96. The van der Waals surface area contributed by atoms with E-state index in [1.165, 1.54) is 11.1 Å². The highest BCUT2D eigenvalue weighted by molar-refractivity contribution is 5.70. The summed E-state index contributed by atoms with van der Waals surface area (Å²) in [5.41, 5.74) is 3.44. The Morgan fingerprint density at radius 2 is 1.80 bits per heavy atom. The zero-order valence-corrected chi connectivity index (χ0v) is 14.5. The minimum atomic E-state index is -0.214. The van der Waals surface area contributed by atoms with Gasteiger partial charge in [-0.05, 0) is 30.9 Å². The Bertz CT molecular complexity index is 766. The van der Waals surface area contributed by atoms with Crippen LogP contribution in [0.1, 0.15) is 35.6 Å². The van der Waals surface area contributed by atoms with E-state index in [9.17, 15) is 4.79 Å². The molecule has 1 fully saturated rings. The van der Waals surface area contributed by atoms with Gasteiger partial charge in [0.1, 0.15) is 6.61 Å². The largest absolute Gasteiger partial charge is 0.445 e. The van der Waals surface area contributed by atoms with E-state index in [0.717, 1.165) is 18.4 Å². The Morgan fingerprint density at radius 3 is 2.48 bits per heavy atom. The Morgan fingerprint density at radius 1 is 1.04 bits per heavy atom. The molecular formula is C22H23NO2. The summed E-state index contributed by atoms with van der Waals surface area (Å²) in [7, 11) is 0. The van der Waals surface area contributed by atoms with Gasteiger partial charge in [-0.2, -0.15) is 0 Å². The summed E-state index contributed by atoms with van der Waals surface area (Å²) in [4.78, 5) is 14.8. The number of benzene rings is 2. The summed E-state index contributed by atoms with van der Waals surface area (Å²) in [6.45, 7) is 2.40. The molecule has 25 heavy (non-hydrogen) atoms. The molecule has 2 bridgehead atoms. The molecule has 2 aliphatic heterocycles. The Hall–Kier alpha value is -2.55. The number of aryl methyl sites for hydroxylation is 1. The highest BCUT2D eigenvalue weighted by atomic mass is 16.6. The van der Waals surface area contributed by atoms with Gasteiger partial charge in [-0.25, -0.2) is 4.79 Å². The number of fused-ring (bicyclic) bond motifs is 2. The number of hydrogen-bond donors (Lipinski definition) is 0. The van der Waals surface area contributed by atoms with Gasteiger partial charge in [-0.1, -0.05) is 72.3 Å². The number of hydrogen-bond acceptors (Lipinski definition) is 2. The molecule has 3 atom stereocenters. The van der Waals surface area contributed by atoms with Crippen LogP contribution in [0, 0.1) is 12.8 Å². The smallest absolute Gasteiger partial charge is 0.411 e. The van der Waals surface area contributed by atoms with Gasteiger partial charge in [0.25, 0.3) is 0 Å². The number of piperidine rings is 1. The van der Waals surface area contributed by atoms with Crippen LogP contribution in [0.25, 0.3) is 0 Å². The Labute approximate surface area is 148 Å². The zero-order chi connectivity index (χ0) is 17.2. The first kappa shape index (κ1) is 15.9. The molecule has 3 nitrogen and oxygen atoms in total. The molecule has 2 heterocycles. The van der Waals surface area contributed by atoms with Crippen LogP contribution in [0.5, 0.6) is 0 Å². The van der Waals surface area contributed by atoms with Crippen molar-refractivity contribution >= 4 is 6.09 Å². The van der Waals surface area contributed by atoms with Gasteiger partial charge in [0, 0.05) is 5.92 Å². The van der Waals surface area contributed by atoms with Gasteiger partial charge < -0.3 is 4.74 Å². The number of rotatable bonds is 3. The van der Waals surface area contributed by atoms with E-state index in [1.807, 2.05) is 35.2 Å². The molecule has 3 heteroatoms. The van der Waals surface area contributed by atoms with Gasteiger partial charge in [0.2, 0.25) is 0 Å². The number of carbonyl (C=O) groups excluding carboxylic acids is 1. The van der Waals surface area contributed by atoms with Crippen LogP contribution in [-0.4, -0.2) is 17.0 Å². The van der Waals surface area contributed by atoms with E-state index in [1.54, 1.807) is 0 Å². The first-order chi connectivity index (χ1) is 12.2. The van der Waals surface area contributed by atoms with Gasteiger partial charge >= 0.3 is 6.09 Å². The summed E-state index contributed by atoms with van der Waals surface area (Å²) in [6, 6.07) is 18.6. The molecule has 0 aromatic heterocycles. The zero-order valence-electron chi connectivity index (χ0n) is 14.5. The fourth-order valence-electron chi connectivity index (χ4n) is 3.95. The van der Waals surface area contributed by atoms with Crippen molar-refractivity contribution in [3.05, 3.63) is 83.4 Å². The fraction of sp³-hybridized carbons (Fsp3) is 0.318. The third-order valence-electron chi connectivity index (χ3n) is 5.27. The maximum atomic E-state index is 12.9. The molecule has 0 N–H and O–H groups in total. The monoisotopic (exact) mass is 333 g/mol. The van der Waals surface area contributed by atoms with Crippen molar-refractivity contribution in [1.82, 2.24) is 4.90 Å². The third kappa shape index (κ3) is 3.19. The Kier molecular flexibility index (Phi) is 4.31. The van der Waals surface area contributed by atoms with Crippen LogP contribution in [0.15, 0.2) is 66.7 Å². The number of carbonyl (C=O) groups is 1. The molecule has 2 aromatic carbocycles. The normalized spacial score (nSPS) is 24.4. The highest BCUT2D eigenvalue weighted by Gasteiger charge is 2.42. The molecule has 0 radical (unpaired) electrons. The third-order valence-corrected chi connectivity index (χ3v) is 5.27. The summed E-state index contributed by atoms with van der Waals surface area (Å²) >= 11 is 0. The van der Waals surface area contributed by atoms with Crippen molar-refractivity contribution in [1.29, 1.82) is 0 Å². The average Bonchev–Trinajstić information content (AvgIpc) is 2.68. The number of amides is 1. The van der Waals surface area contributed by atoms with Crippen LogP contribution in [0.3, 0.4) is 0 Å². The summed E-state index contributed by atoms with van der Waals surface area (Å²) in [6.07, 6.45) is 6.38. The highest BCUT2D eigenvalue weighted by Crippen LogP contribution is 2.44. The van der Waals surface area contributed by atoms with E-state index < -0.39 is 0 Å². The van der Waals surface area contributed by atoms with Crippen LogP contribution >= 0.6 is 0 Å². The predicted molar refractivity (Wildman–Crippen MR) is 98.0 cm³/mol. The van der Waals surface area contributed by atoms with Gasteiger partial charge in [0.15, 0.2) is 0 Å². The second-order valence-corrected chi connectivity index (χ2v) is 7.00. The van der Waals surface area contributed by atoms with Crippen LogP contribution in [0.2, 0.25) is 0 Å². The average molecular weight is 333 g/mol. The van der Waals surface area contributed by atoms with Crippen molar-refractivity contribution in [3.63, 3.8) is 0 Å². The second-order valence-electron chi connectivity index (χ2n) is 7.00. The maximum absolute atomic E-state index is 12.9. The van der Waals surface area contributed by atoms with E-state index in [-0.39, 0.29) is 18.2 Å². The molecule has 1 aliphatic carbocycles. The maximum Gasteiger partial charge on any atom is 0.411 e. The minimum absolute atomic E-state index is 0.0765. The fourth-order valence-corrected chi connectivity index (χ4v) is 3.95. The first-order valence-electron chi connectivity index (χ1n) is 8.96. The molecule has 3 aliphatic rings. The Balaban J connectivity index is 1.56. The number of ether oxygens (including phenoxy) is 1. The molecule has 2 aromatic rings. The minimum Gasteiger partial charge on any atom is -0.445 e. The van der Waals surface area contributed by atoms with E-state index >= 15 is 0 Å². The summed E-state index contributed by atoms with van der Waals surface area (Å²) in [5.74, 6) is 0.372. The molecule has 128 valence electrons. The molecular weight excluding hydrogens is 310 g/mol. The van der Waals surface area contributed by atoms with E-state index in [0.29, 0.717) is 12.5 Å². The van der Waals surface area contributed by atoms with Crippen molar-refractivity contribution in [3.8, 4) is 0 Å². The molecule has 0 saturated carbocycles. The van der Waals surface area contributed by atoms with E-state index in [4.69, 9.17) is 4.74 Å². The predicted octanol–water partition coefficient (Wildman–Crippen LogP) is 5.02. The lowest BCUT2D eigenvalue weighted by Gasteiger charge is -2.47. The second kappa shape index (κ2) is 6.75. The quantitative estimate of drug-likeness (QED) is 0.738. The molecule has 1 saturated heterocycles. The van der Waals surface area contributed by atoms with Crippen LogP contribution < -0.4 is 0 Å². The standard InChI is InChI=1S/C22H23NO2/c1-16-7-9-18(10-8-16)21-19-11-13-20(14-12-19)23(21)22(24)25-15-17-5-3-2-4-6-17/h2-11,13,19-21H,12,14-15H2,1H3/t19-,20-,21-/m0/s1. The summed E-state index contributed by atoms with van der Waals surface area (Å²) < 4.78 is 5.65. The summed E-state index contributed by atoms with van der Waals surface area (Å²) in [5, 5.41) is 0. The van der Waals surface area contributed by atoms with Gasteiger partial charge in [0.05, 0.1) is 12.1 Å². The van der Waals surface area contributed by atoms with Crippen LogP contribution in [-0.2, 0) is 11.3 Å². The van der Waals surface area contributed by atoms with Gasteiger partial charge in [-0.15, -0.1) is 0 Å². The van der Waals surface area contributed by atoms with Crippen molar-refractivity contribution in [2.45, 2.75) is 38.5 Å². The van der Waals surface area contributed by atoms with E-state index in [2.05, 4.69) is 43.3 Å².